The van der Waals surface area contributed by atoms with E-state index in [1.807, 2.05) is 0 Å². The minimum Gasteiger partial charge on any atom is -0.304 e. The number of rotatable bonds is 4. The number of hydrogen-bond donors (Lipinski definition) is 1. The molecule has 1 nitrogen and oxygen atoms in total. The van der Waals surface area contributed by atoms with E-state index in [4.69, 9.17) is 0 Å². The van der Waals surface area contributed by atoms with Crippen molar-refractivity contribution in [2.45, 2.75) is 32.9 Å². The van der Waals surface area contributed by atoms with Gasteiger partial charge in [-0.15, -0.1) is 0 Å². The normalized spacial score (nSPS) is 14.2. The molecule has 0 aliphatic heterocycles. The molecule has 2 atom stereocenters. The maximum absolute atomic E-state index is 3.65. The lowest BCUT2D eigenvalue weighted by Crippen LogP contribution is -2.23. The Kier molecular flexibility index (Phi) is 4.16. The van der Waals surface area contributed by atoms with E-state index in [2.05, 4.69) is 80.7 Å². The Morgan fingerprint density at radius 1 is 0.778 bits per heavy atom. The number of aryl methyl sites for hydroxylation is 1. The summed E-state index contributed by atoms with van der Waals surface area (Å²) in [6.45, 7) is 6.60. The molecule has 0 spiro atoms. The zero-order valence-corrected chi connectivity index (χ0v) is 11.4. The summed E-state index contributed by atoms with van der Waals surface area (Å²) in [5.41, 5.74) is 4.05. The van der Waals surface area contributed by atoms with E-state index in [-0.39, 0.29) is 0 Å². The summed E-state index contributed by atoms with van der Waals surface area (Å²) >= 11 is 0. The zero-order valence-electron chi connectivity index (χ0n) is 11.4. The second-order valence-corrected chi connectivity index (χ2v) is 4.88. The molecule has 0 saturated heterocycles. The molecule has 94 valence electrons. The van der Waals surface area contributed by atoms with Crippen molar-refractivity contribution in [3.63, 3.8) is 0 Å². The topological polar surface area (TPSA) is 12.0 Å². The van der Waals surface area contributed by atoms with Gasteiger partial charge < -0.3 is 5.32 Å². The van der Waals surface area contributed by atoms with Crippen LogP contribution in [0.1, 0.15) is 42.6 Å². The van der Waals surface area contributed by atoms with Gasteiger partial charge in [0.2, 0.25) is 0 Å². The van der Waals surface area contributed by atoms with Gasteiger partial charge in [0.1, 0.15) is 0 Å². The second-order valence-electron chi connectivity index (χ2n) is 4.88. The van der Waals surface area contributed by atoms with Gasteiger partial charge in [-0.25, -0.2) is 0 Å². The lowest BCUT2D eigenvalue weighted by molar-refractivity contribution is 0.493. The Labute approximate surface area is 110 Å². The molecule has 0 amide bonds. The Balaban J connectivity index is 2.08. The second kappa shape index (κ2) is 5.83. The van der Waals surface area contributed by atoms with Crippen LogP contribution in [0.5, 0.6) is 0 Å². The van der Waals surface area contributed by atoms with Gasteiger partial charge in [0.15, 0.2) is 0 Å². The van der Waals surface area contributed by atoms with E-state index in [1.165, 1.54) is 16.7 Å². The number of benzene rings is 2. The molecule has 0 radical (unpaired) electrons. The summed E-state index contributed by atoms with van der Waals surface area (Å²) < 4.78 is 0. The van der Waals surface area contributed by atoms with Gasteiger partial charge >= 0.3 is 0 Å². The highest BCUT2D eigenvalue weighted by molar-refractivity contribution is 5.29. The largest absolute Gasteiger partial charge is 0.304 e. The predicted molar refractivity (Wildman–Crippen MR) is 77.6 cm³/mol. The Hall–Kier alpha value is -1.60. The fourth-order valence-corrected chi connectivity index (χ4v) is 2.38. The SMILES string of the molecule is Cc1ccccc1[C@H](C)NC(C)c1ccccc1. The lowest BCUT2D eigenvalue weighted by atomic mass is 10.0. The van der Waals surface area contributed by atoms with Gasteiger partial charge in [-0.2, -0.15) is 0 Å². The first-order chi connectivity index (χ1) is 8.68. The van der Waals surface area contributed by atoms with Crippen LogP contribution in [0, 0.1) is 6.92 Å². The average molecular weight is 239 g/mol. The Bertz CT molecular complexity index is 490. The zero-order chi connectivity index (χ0) is 13.0. The maximum Gasteiger partial charge on any atom is 0.0300 e. The highest BCUT2D eigenvalue weighted by atomic mass is 14.9. The monoisotopic (exact) mass is 239 g/mol. The first-order valence-electron chi connectivity index (χ1n) is 6.55. The van der Waals surface area contributed by atoms with Crippen molar-refractivity contribution < 1.29 is 0 Å². The molecular weight excluding hydrogens is 218 g/mol. The Morgan fingerprint density at radius 2 is 1.39 bits per heavy atom. The fraction of sp³-hybridized carbons (Fsp3) is 0.294. The molecule has 0 heterocycles. The quantitative estimate of drug-likeness (QED) is 0.833. The van der Waals surface area contributed by atoms with E-state index < -0.39 is 0 Å². The smallest absolute Gasteiger partial charge is 0.0300 e. The van der Waals surface area contributed by atoms with Crippen molar-refractivity contribution in [3.05, 3.63) is 71.3 Å². The summed E-state index contributed by atoms with van der Waals surface area (Å²) in [4.78, 5) is 0. The number of hydrogen-bond acceptors (Lipinski definition) is 1. The summed E-state index contributed by atoms with van der Waals surface area (Å²) in [6, 6.07) is 19.9. The summed E-state index contributed by atoms with van der Waals surface area (Å²) in [7, 11) is 0. The molecule has 0 aliphatic carbocycles. The third kappa shape index (κ3) is 2.99. The fourth-order valence-electron chi connectivity index (χ4n) is 2.38. The lowest BCUT2D eigenvalue weighted by Gasteiger charge is -2.22. The molecule has 0 bridgehead atoms. The van der Waals surface area contributed by atoms with Gasteiger partial charge in [-0.3, -0.25) is 0 Å². The molecule has 2 aromatic rings. The van der Waals surface area contributed by atoms with Crippen LogP contribution in [0.4, 0.5) is 0 Å². The van der Waals surface area contributed by atoms with Crippen LogP contribution < -0.4 is 5.32 Å². The molecule has 2 aromatic carbocycles. The van der Waals surface area contributed by atoms with Crippen molar-refractivity contribution >= 4 is 0 Å². The highest BCUT2D eigenvalue weighted by Gasteiger charge is 2.11. The standard InChI is InChI=1S/C17H21N/c1-13-9-7-8-12-17(13)15(3)18-14(2)16-10-5-4-6-11-16/h4-12,14-15,18H,1-3H3/t14?,15-/m0/s1. The molecule has 18 heavy (non-hydrogen) atoms. The average Bonchev–Trinajstić information content (AvgIpc) is 2.40. The van der Waals surface area contributed by atoms with Crippen molar-refractivity contribution in [3.8, 4) is 0 Å². The highest BCUT2D eigenvalue weighted by Crippen LogP contribution is 2.21. The van der Waals surface area contributed by atoms with Gasteiger partial charge in [0, 0.05) is 12.1 Å². The van der Waals surface area contributed by atoms with Gasteiger partial charge in [0.25, 0.3) is 0 Å². The van der Waals surface area contributed by atoms with Gasteiger partial charge in [0.05, 0.1) is 0 Å². The van der Waals surface area contributed by atoms with Crippen molar-refractivity contribution in [1.29, 1.82) is 0 Å². The van der Waals surface area contributed by atoms with E-state index in [0.29, 0.717) is 12.1 Å². The van der Waals surface area contributed by atoms with Crippen LogP contribution in [0.2, 0.25) is 0 Å². The molecule has 0 saturated carbocycles. The molecule has 2 rings (SSSR count). The summed E-state index contributed by atoms with van der Waals surface area (Å²) in [5, 5.41) is 3.65. The molecule has 0 aliphatic rings. The molecule has 1 heteroatoms. The van der Waals surface area contributed by atoms with E-state index in [9.17, 15) is 0 Å². The first-order valence-corrected chi connectivity index (χ1v) is 6.55. The van der Waals surface area contributed by atoms with E-state index in [0.717, 1.165) is 0 Å². The molecular formula is C17H21N. The van der Waals surface area contributed by atoms with Crippen LogP contribution in [0.3, 0.4) is 0 Å². The van der Waals surface area contributed by atoms with Gasteiger partial charge in [-0.05, 0) is 37.5 Å². The summed E-state index contributed by atoms with van der Waals surface area (Å²) in [6.07, 6.45) is 0. The number of nitrogens with one attached hydrogen (secondary N) is 1. The predicted octanol–water partition coefficient (Wildman–Crippen LogP) is 4.41. The van der Waals surface area contributed by atoms with Crippen LogP contribution in [-0.2, 0) is 0 Å². The van der Waals surface area contributed by atoms with Crippen molar-refractivity contribution in [2.75, 3.05) is 0 Å². The molecule has 1 unspecified atom stereocenters. The third-order valence-electron chi connectivity index (χ3n) is 3.45. The van der Waals surface area contributed by atoms with E-state index >= 15 is 0 Å². The first kappa shape index (κ1) is 12.8. The van der Waals surface area contributed by atoms with Crippen molar-refractivity contribution in [1.82, 2.24) is 5.32 Å². The van der Waals surface area contributed by atoms with E-state index in [1.54, 1.807) is 0 Å². The molecule has 0 fully saturated rings. The van der Waals surface area contributed by atoms with Gasteiger partial charge in [-0.1, -0.05) is 54.6 Å². The van der Waals surface area contributed by atoms with Crippen LogP contribution in [0.15, 0.2) is 54.6 Å². The third-order valence-corrected chi connectivity index (χ3v) is 3.45. The van der Waals surface area contributed by atoms with Crippen LogP contribution in [-0.4, -0.2) is 0 Å². The Morgan fingerprint density at radius 3 is 2.06 bits per heavy atom. The maximum atomic E-state index is 3.65. The molecule has 1 N–H and O–H groups in total. The van der Waals surface area contributed by atoms with Crippen LogP contribution >= 0.6 is 0 Å². The van der Waals surface area contributed by atoms with Crippen LogP contribution in [0.25, 0.3) is 0 Å². The minimum absolute atomic E-state index is 0.362. The summed E-state index contributed by atoms with van der Waals surface area (Å²) in [5.74, 6) is 0. The molecule has 0 aromatic heterocycles. The van der Waals surface area contributed by atoms with Crippen molar-refractivity contribution in [2.24, 2.45) is 0 Å². The minimum atomic E-state index is 0.362.